The minimum Gasteiger partial charge on any atom is -0.395 e. The first kappa shape index (κ1) is 26.1. The van der Waals surface area contributed by atoms with E-state index in [0.29, 0.717) is 11.1 Å². The second-order valence-electron chi connectivity index (χ2n) is 8.69. The van der Waals surface area contributed by atoms with E-state index in [-0.39, 0.29) is 35.2 Å². The molecule has 3 amide bonds. The van der Waals surface area contributed by atoms with Crippen molar-refractivity contribution in [1.29, 1.82) is 0 Å². The van der Waals surface area contributed by atoms with Crippen LogP contribution in [0.25, 0.3) is 10.9 Å². The Balaban J connectivity index is 1.59. The van der Waals surface area contributed by atoms with Crippen molar-refractivity contribution in [3.05, 3.63) is 105 Å². The van der Waals surface area contributed by atoms with Crippen molar-refractivity contribution in [3.63, 3.8) is 0 Å². The molecule has 12 heteroatoms. The highest BCUT2D eigenvalue weighted by molar-refractivity contribution is 7.10. The average molecular weight is 563 g/mol. The molecule has 5 aromatic rings. The normalized spacial score (nSPS) is 11.8. The average Bonchev–Trinajstić information content (AvgIpc) is 3.68. The number of carbonyl (C=O) groups is 3. The molecule has 5 rings (SSSR count). The number of halogens is 1. The van der Waals surface area contributed by atoms with E-state index in [0.717, 1.165) is 27.3 Å². The molecule has 1 unspecified atom stereocenters. The van der Waals surface area contributed by atoms with Gasteiger partial charge in [-0.1, -0.05) is 36.4 Å². The third-order valence-corrected chi connectivity index (χ3v) is 7.89. The van der Waals surface area contributed by atoms with Gasteiger partial charge in [0.2, 0.25) is 5.91 Å². The Morgan fingerprint density at radius 2 is 1.85 bits per heavy atom. The number of amides is 3. The lowest BCUT2D eigenvalue weighted by Crippen LogP contribution is -2.43. The van der Waals surface area contributed by atoms with Crippen LogP contribution in [0.2, 0.25) is 0 Å². The van der Waals surface area contributed by atoms with Gasteiger partial charge in [-0.15, -0.1) is 11.3 Å². The fraction of sp³-hybridized carbons (Fsp3) is 0.111. The molecule has 198 valence electrons. The van der Waals surface area contributed by atoms with Crippen molar-refractivity contribution in [3.8, 4) is 0 Å². The van der Waals surface area contributed by atoms with E-state index in [4.69, 9.17) is 11.5 Å². The van der Waals surface area contributed by atoms with Crippen LogP contribution in [0.4, 0.5) is 10.1 Å². The minimum absolute atomic E-state index is 0.0107. The number of benzene rings is 2. The van der Waals surface area contributed by atoms with Gasteiger partial charge in [0.1, 0.15) is 16.7 Å². The van der Waals surface area contributed by atoms with Crippen LogP contribution in [0.15, 0.2) is 72.2 Å². The van der Waals surface area contributed by atoms with Crippen molar-refractivity contribution < 1.29 is 18.8 Å². The molecule has 0 saturated heterocycles. The SMILES string of the molecule is NC(=O)c1nsc(C(=O)N(Cc2cccs2)C(C(=O)NCc2ccc(F)cc2)c2c[nH]c3ccccc23)c1N. The molecule has 0 aliphatic carbocycles. The van der Waals surface area contributed by atoms with Gasteiger partial charge in [0.05, 0.1) is 12.2 Å². The molecule has 0 radical (unpaired) electrons. The molecule has 3 heterocycles. The number of aromatic amines is 1. The molecule has 2 aromatic carbocycles. The number of hydrogen-bond acceptors (Lipinski definition) is 7. The van der Waals surface area contributed by atoms with Crippen molar-refractivity contribution in [2.75, 3.05) is 5.73 Å². The fourth-order valence-electron chi connectivity index (χ4n) is 4.27. The summed E-state index contributed by atoms with van der Waals surface area (Å²) in [5, 5.41) is 5.53. The van der Waals surface area contributed by atoms with Crippen LogP contribution in [-0.4, -0.2) is 32.0 Å². The van der Waals surface area contributed by atoms with Gasteiger partial charge >= 0.3 is 0 Å². The number of nitrogens with two attached hydrogens (primary N) is 2. The molecule has 9 nitrogen and oxygen atoms in total. The van der Waals surface area contributed by atoms with Gasteiger partial charge in [-0.25, -0.2) is 4.39 Å². The van der Waals surface area contributed by atoms with Crippen molar-refractivity contribution in [2.45, 2.75) is 19.1 Å². The first-order chi connectivity index (χ1) is 18.8. The summed E-state index contributed by atoms with van der Waals surface area (Å²) in [7, 11) is 0. The van der Waals surface area contributed by atoms with Gasteiger partial charge in [0, 0.05) is 34.1 Å². The van der Waals surface area contributed by atoms with Crippen LogP contribution < -0.4 is 16.8 Å². The molecular formula is C27H23FN6O3S2. The zero-order chi connectivity index (χ0) is 27.5. The third kappa shape index (κ3) is 5.38. The van der Waals surface area contributed by atoms with Crippen LogP contribution in [0.1, 0.15) is 42.2 Å². The predicted octanol–water partition coefficient (Wildman–Crippen LogP) is 4.21. The van der Waals surface area contributed by atoms with E-state index in [9.17, 15) is 18.8 Å². The van der Waals surface area contributed by atoms with E-state index < -0.39 is 23.8 Å². The highest BCUT2D eigenvalue weighted by atomic mass is 32.1. The Morgan fingerprint density at radius 1 is 1.08 bits per heavy atom. The fourth-order valence-corrected chi connectivity index (χ4v) is 5.73. The number of nitrogens with one attached hydrogen (secondary N) is 2. The van der Waals surface area contributed by atoms with Gasteiger partial charge < -0.3 is 26.7 Å². The predicted molar refractivity (Wildman–Crippen MR) is 149 cm³/mol. The molecule has 39 heavy (non-hydrogen) atoms. The number of carbonyl (C=O) groups excluding carboxylic acids is 3. The third-order valence-electron chi connectivity index (χ3n) is 6.18. The van der Waals surface area contributed by atoms with E-state index in [1.54, 1.807) is 18.3 Å². The molecule has 0 fully saturated rings. The van der Waals surface area contributed by atoms with Crippen LogP contribution in [-0.2, 0) is 17.9 Å². The van der Waals surface area contributed by atoms with Crippen LogP contribution >= 0.6 is 22.9 Å². The molecular weight excluding hydrogens is 539 g/mol. The molecule has 0 aliphatic heterocycles. The van der Waals surface area contributed by atoms with E-state index in [1.807, 2.05) is 41.8 Å². The summed E-state index contributed by atoms with van der Waals surface area (Å²) in [5.74, 6) is -2.25. The number of hydrogen-bond donors (Lipinski definition) is 4. The zero-order valence-electron chi connectivity index (χ0n) is 20.4. The first-order valence-electron chi connectivity index (χ1n) is 11.8. The Hall–Kier alpha value is -4.55. The molecule has 3 aromatic heterocycles. The molecule has 1 atom stereocenters. The summed E-state index contributed by atoms with van der Waals surface area (Å²) in [6, 6.07) is 15.9. The lowest BCUT2D eigenvalue weighted by atomic mass is 10.0. The van der Waals surface area contributed by atoms with Crippen LogP contribution in [0.3, 0.4) is 0 Å². The lowest BCUT2D eigenvalue weighted by Gasteiger charge is -2.30. The molecule has 0 bridgehead atoms. The van der Waals surface area contributed by atoms with Gasteiger partial charge in [0.25, 0.3) is 11.8 Å². The van der Waals surface area contributed by atoms with Crippen molar-refractivity contribution >= 4 is 57.2 Å². The molecule has 0 saturated carbocycles. The summed E-state index contributed by atoms with van der Waals surface area (Å²) in [6.07, 6.45) is 1.70. The molecule has 0 aliphatic rings. The largest absolute Gasteiger partial charge is 0.395 e. The number of para-hydroxylation sites is 1. The van der Waals surface area contributed by atoms with Gasteiger partial charge in [-0.3, -0.25) is 14.4 Å². The number of anilines is 1. The Kier molecular flexibility index (Phi) is 7.39. The Bertz CT molecular complexity index is 1650. The first-order valence-corrected chi connectivity index (χ1v) is 13.4. The number of fused-ring (bicyclic) bond motifs is 1. The molecule has 0 spiro atoms. The minimum atomic E-state index is -1.09. The van der Waals surface area contributed by atoms with Crippen LogP contribution in [0.5, 0.6) is 0 Å². The number of rotatable bonds is 9. The maximum Gasteiger partial charge on any atom is 0.270 e. The second-order valence-corrected chi connectivity index (χ2v) is 10.5. The molecule has 6 N–H and O–H groups in total. The van der Waals surface area contributed by atoms with Gasteiger partial charge in [-0.05, 0) is 46.7 Å². The Morgan fingerprint density at radius 3 is 2.54 bits per heavy atom. The quantitative estimate of drug-likeness (QED) is 0.213. The lowest BCUT2D eigenvalue weighted by molar-refractivity contribution is -0.126. The summed E-state index contributed by atoms with van der Waals surface area (Å²) < 4.78 is 17.4. The maximum absolute atomic E-state index is 14.1. The van der Waals surface area contributed by atoms with E-state index in [2.05, 4.69) is 14.7 Å². The van der Waals surface area contributed by atoms with Gasteiger partial charge in [-0.2, -0.15) is 4.37 Å². The number of thiophene rings is 1. The number of nitrogens with zero attached hydrogens (tertiary/aromatic N) is 2. The number of nitrogen functional groups attached to an aromatic ring is 1. The highest BCUT2D eigenvalue weighted by Crippen LogP contribution is 2.34. The maximum atomic E-state index is 14.1. The summed E-state index contributed by atoms with van der Waals surface area (Å²) >= 11 is 2.19. The summed E-state index contributed by atoms with van der Waals surface area (Å²) in [4.78, 5) is 45.2. The standard InChI is InChI=1S/C27H23FN6O3S2/c28-16-9-7-15(8-10-16)12-32-26(36)23(19-13-31-20-6-2-1-5-18(19)20)34(14-17-4-3-11-38-17)27(37)24-21(29)22(25(30)35)33-39-24/h1-11,13,23,31H,12,14,29H2,(H2,30,35)(H,32,36). The van der Waals surface area contributed by atoms with Crippen LogP contribution in [0, 0.1) is 5.82 Å². The number of aromatic nitrogens is 2. The van der Waals surface area contributed by atoms with E-state index >= 15 is 0 Å². The summed E-state index contributed by atoms with van der Waals surface area (Å²) in [5.41, 5.74) is 13.2. The van der Waals surface area contributed by atoms with Crippen molar-refractivity contribution in [2.24, 2.45) is 5.73 Å². The zero-order valence-corrected chi connectivity index (χ0v) is 22.0. The summed E-state index contributed by atoms with van der Waals surface area (Å²) in [6.45, 7) is 0.210. The topological polar surface area (TPSA) is 147 Å². The van der Waals surface area contributed by atoms with Crippen molar-refractivity contribution in [1.82, 2.24) is 19.6 Å². The highest BCUT2D eigenvalue weighted by Gasteiger charge is 2.36. The van der Waals surface area contributed by atoms with Gasteiger partial charge in [0.15, 0.2) is 5.69 Å². The number of H-pyrrole nitrogens is 1. The number of primary amides is 1. The Labute approximate surface area is 230 Å². The monoisotopic (exact) mass is 562 g/mol. The smallest absolute Gasteiger partial charge is 0.270 e. The van der Waals surface area contributed by atoms with E-state index in [1.165, 1.54) is 28.4 Å². The second kappa shape index (κ2) is 11.1.